The first-order valence-electron chi connectivity index (χ1n) is 5.54. The van der Waals surface area contributed by atoms with Gasteiger partial charge in [-0.3, -0.25) is 9.00 Å². The summed E-state index contributed by atoms with van der Waals surface area (Å²) in [5.41, 5.74) is 0.559. The van der Waals surface area contributed by atoms with Crippen LogP contribution >= 0.6 is 0 Å². The number of hydrogen-bond donors (Lipinski definition) is 1. The minimum atomic E-state index is -4.23. The summed E-state index contributed by atoms with van der Waals surface area (Å²) in [6.45, 7) is 0. The molecule has 1 aromatic rings. The van der Waals surface area contributed by atoms with E-state index in [1.165, 1.54) is 24.3 Å². The minimum Gasteiger partial charge on any atom is -0.481 e. The molecule has 3 nitrogen and oxygen atoms in total. The maximum Gasteiger partial charge on any atom is 0.389 e. The molecule has 0 aliphatic carbocycles. The van der Waals surface area contributed by atoms with Crippen LogP contribution in [0.4, 0.5) is 13.2 Å². The van der Waals surface area contributed by atoms with Crippen molar-refractivity contribution in [3.05, 3.63) is 29.8 Å². The molecule has 1 aromatic carbocycles. The zero-order valence-electron chi connectivity index (χ0n) is 9.94. The van der Waals surface area contributed by atoms with Gasteiger partial charge in [-0.05, 0) is 24.1 Å². The third kappa shape index (κ3) is 6.37. The fourth-order valence-electron chi connectivity index (χ4n) is 1.46. The molecule has 0 aliphatic heterocycles. The maximum atomic E-state index is 11.9. The number of aliphatic carboxylic acids is 1. The molecule has 0 aromatic heterocycles. The number of rotatable bonds is 6. The molecular weight excluding hydrogens is 281 g/mol. The first kappa shape index (κ1) is 15.7. The van der Waals surface area contributed by atoms with Crippen LogP contribution in [0.25, 0.3) is 0 Å². The van der Waals surface area contributed by atoms with Crippen LogP contribution in [0.15, 0.2) is 29.2 Å². The van der Waals surface area contributed by atoms with E-state index in [1.54, 1.807) is 0 Å². The summed E-state index contributed by atoms with van der Waals surface area (Å²) in [7, 11) is -1.49. The lowest BCUT2D eigenvalue weighted by molar-refractivity contribution is -0.136. The van der Waals surface area contributed by atoms with Gasteiger partial charge in [-0.25, -0.2) is 0 Å². The summed E-state index contributed by atoms with van der Waals surface area (Å²) < 4.78 is 47.5. The van der Waals surface area contributed by atoms with Crippen molar-refractivity contribution >= 4 is 16.8 Å². The highest BCUT2D eigenvalue weighted by Gasteiger charge is 2.26. The monoisotopic (exact) mass is 294 g/mol. The summed E-state index contributed by atoms with van der Waals surface area (Å²) in [6, 6.07) is 6.01. The smallest absolute Gasteiger partial charge is 0.389 e. The molecule has 0 aliphatic rings. The lowest BCUT2D eigenvalue weighted by Crippen LogP contribution is -2.09. The molecule has 0 spiro atoms. The van der Waals surface area contributed by atoms with Crippen LogP contribution in [-0.4, -0.2) is 27.2 Å². The molecule has 0 bridgehead atoms. The van der Waals surface area contributed by atoms with Crippen molar-refractivity contribution in [1.82, 2.24) is 0 Å². The van der Waals surface area contributed by atoms with E-state index < -0.39 is 29.4 Å². The van der Waals surface area contributed by atoms with Gasteiger partial charge >= 0.3 is 12.1 Å². The van der Waals surface area contributed by atoms with E-state index in [-0.39, 0.29) is 18.6 Å². The lowest BCUT2D eigenvalue weighted by Gasteiger charge is -2.06. The van der Waals surface area contributed by atoms with Gasteiger partial charge in [0.05, 0.1) is 17.2 Å². The van der Waals surface area contributed by atoms with Gasteiger partial charge < -0.3 is 5.11 Å². The second kappa shape index (κ2) is 6.70. The van der Waals surface area contributed by atoms with Gasteiger partial charge in [-0.1, -0.05) is 12.1 Å². The van der Waals surface area contributed by atoms with Gasteiger partial charge in [0.25, 0.3) is 0 Å². The van der Waals surface area contributed by atoms with Crippen molar-refractivity contribution in [2.45, 2.75) is 30.3 Å². The molecule has 0 radical (unpaired) electrons. The van der Waals surface area contributed by atoms with E-state index >= 15 is 0 Å². The SMILES string of the molecule is O=C(O)Cc1ccc(S(=O)CCCC(F)(F)F)cc1. The predicted octanol–water partition coefficient (Wildman–Crippen LogP) is 2.76. The van der Waals surface area contributed by atoms with E-state index in [1.807, 2.05) is 0 Å². The fourth-order valence-corrected chi connectivity index (χ4v) is 2.54. The van der Waals surface area contributed by atoms with Crippen molar-refractivity contribution in [2.75, 3.05) is 5.75 Å². The summed E-state index contributed by atoms with van der Waals surface area (Å²) in [6.07, 6.45) is -5.50. The number of hydrogen-bond acceptors (Lipinski definition) is 2. The second-order valence-electron chi connectivity index (χ2n) is 3.98. The van der Waals surface area contributed by atoms with Gasteiger partial charge in [0.2, 0.25) is 0 Å². The molecule has 19 heavy (non-hydrogen) atoms. The van der Waals surface area contributed by atoms with Crippen molar-refractivity contribution in [2.24, 2.45) is 0 Å². The molecule has 0 saturated heterocycles. The van der Waals surface area contributed by atoms with E-state index in [9.17, 15) is 22.2 Å². The molecule has 0 saturated carbocycles. The Hall–Kier alpha value is -1.37. The Morgan fingerprint density at radius 1 is 1.21 bits per heavy atom. The molecule has 106 valence electrons. The summed E-state index contributed by atoms with van der Waals surface area (Å²) >= 11 is 0. The largest absolute Gasteiger partial charge is 0.481 e. The predicted molar refractivity (Wildman–Crippen MR) is 64.3 cm³/mol. The number of halogens is 3. The minimum absolute atomic E-state index is 0.0578. The van der Waals surface area contributed by atoms with Crippen LogP contribution < -0.4 is 0 Å². The van der Waals surface area contributed by atoms with Crippen LogP contribution in [0.3, 0.4) is 0 Å². The van der Waals surface area contributed by atoms with Crippen molar-refractivity contribution in [1.29, 1.82) is 0 Å². The molecule has 7 heteroatoms. The Kier molecular flexibility index (Phi) is 5.53. The number of carboxylic acid groups (broad SMARTS) is 1. The first-order valence-corrected chi connectivity index (χ1v) is 6.86. The first-order chi connectivity index (χ1) is 8.78. The Balaban J connectivity index is 2.51. The summed E-state index contributed by atoms with van der Waals surface area (Å²) in [5, 5.41) is 8.57. The van der Waals surface area contributed by atoms with Crippen molar-refractivity contribution in [3.63, 3.8) is 0 Å². The quantitative estimate of drug-likeness (QED) is 0.877. The fraction of sp³-hybridized carbons (Fsp3) is 0.417. The summed E-state index contributed by atoms with van der Waals surface area (Å²) in [4.78, 5) is 10.9. The standard InChI is InChI=1S/C12H13F3O3S/c13-12(14,15)6-1-7-19(18)10-4-2-9(3-5-10)8-11(16)17/h2-5H,1,6-8H2,(H,16,17). The van der Waals surface area contributed by atoms with Crippen molar-refractivity contribution < 1.29 is 27.3 Å². The normalized spacial score (nSPS) is 13.2. The van der Waals surface area contributed by atoms with E-state index in [2.05, 4.69) is 0 Å². The highest BCUT2D eigenvalue weighted by molar-refractivity contribution is 7.85. The number of benzene rings is 1. The second-order valence-corrected chi connectivity index (χ2v) is 5.55. The van der Waals surface area contributed by atoms with Gasteiger partial charge in [-0.15, -0.1) is 0 Å². The van der Waals surface area contributed by atoms with E-state index in [4.69, 9.17) is 5.11 Å². The van der Waals surface area contributed by atoms with Crippen LogP contribution in [0, 0.1) is 0 Å². The maximum absolute atomic E-state index is 11.9. The van der Waals surface area contributed by atoms with E-state index in [0.29, 0.717) is 10.5 Å². The number of carboxylic acids is 1. The van der Waals surface area contributed by atoms with Crippen LogP contribution in [0.1, 0.15) is 18.4 Å². The number of alkyl halides is 3. The molecule has 1 rings (SSSR count). The van der Waals surface area contributed by atoms with Gasteiger partial charge in [0.15, 0.2) is 0 Å². The Morgan fingerprint density at radius 2 is 1.79 bits per heavy atom. The Bertz CT molecular complexity index is 454. The Morgan fingerprint density at radius 3 is 2.26 bits per heavy atom. The van der Waals surface area contributed by atoms with Crippen LogP contribution in [-0.2, 0) is 22.0 Å². The molecule has 0 amide bonds. The van der Waals surface area contributed by atoms with Gasteiger partial charge in [0.1, 0.15) is 0 Å². The summed E-state index contributed by atoms with van der Waals surface area (Å²) in [5.74, 6) is -1.03. The molecule has 1 N–H and O–H groups in total. The highest BCUT2D eigenvalue weighted by Crippen LogP contribution is 2.22. The molecule has 1 unspecified atom stereocenters. The van der Waals surface area contributed by atoms with Crippen LogP contribution in [0.5, 0.6) is 0 Å². The van der Waals surface area contributed by atoms with Gasteiger partial charge in [-0.2, -0.15) is 13.2 Å². The van der Waals surface area contributed by atoms with Gasteiger partial charge in [0, 0.05) is 17.1 Å². The van der Waals surface area contributed by atoms with Crippen LogP contribution in [0.2, 0.25) is 0 Å². The average Bonchev–Trinajstić information content (AvgIpc) is 2.27. The zero-order chi connectivity index (χ0) is 14.5. The zero-order valence-corrected chi connectivity index (χ0v) is 10.8. The highest BCUT2D eigenvalue weighted by atomic mass is 32.2. The molecule has 0 heterocycles. The molecule has 0 fully saturated rings. The third-order valence-corrected chi connectivity index (χ3v) is 3.79. The molecular formula is C12H13F3O3S. The number of carbonyl (C=O) groups is 1. The Labute approximate surface area is 110 Å². The third-order valence-electron chi connectivity index (χ3n) is 2.33. The topological polar surface area (TPSA) is 54.4 Å². The lowest BCUT2D eigenvalue weighted by atomic mass is 10.2. The average molecular weight is 294 g/mol. The van der Waals surface area contributed by atoms with Crippen molar-refractivity contribution in [3.8, 4) is 0 Å². The molecule has 1 atom stereocenters. The van der Waals surface area contributed by atoms with E-state index in [0.717, 1.165) is 0 Å².